The van der Waals surface area contributed by atoms with Gasteiger partial charge in [-0.3, -0.25) is 9.36 Å². The number of aryl methyl sites for hydroxylation is 1. The van der Waals surface area contributed by atoms with Gasteiger partial charge in [0.2, 0.25) is 5.91 Å². The number of amides is 1. The Labute approximate surface area is 168 Å². The highest BCUT2D eigenvalue weighted by molar-refractivity contribution is 7.99. The molecule has 0 radical (unpaired) electrons. The molecule has 1 unspecified atom stereocenters. The summed E-state index contributed by atoms with van der Waals surface area (Å²) in [5, 5.41) is 9.46. The van der Waals surface area contributed by atoms with Crippen LogP contribution in [0.15, 0.2) is 60.0 Å². The molecule has 1 heterocycles. The maximum atomic E-state index is 12.6. The van der Waals surface area contributed by atoms with Crippen molar-refractivity contribution in [3.05, 3.63) is 71.0 Å². The SMILES string of the molecule is Cc1ccc(-n2cnnc2SCC(=O)N(C)C(C)c2ccccc2)cc1Cl. The first kappa shape index (κ1) is 19.5. The van der Waals surface area contributed by atoms with Gasteiger partial charge in [-0.05, 0) is 37.1 Å². The van der Waals surface area contributed by atoms with Crippen LogP contribution >= 0.6 is 23.4 Å². The summed E-state index contributed by atoms with van der Waals surface area (Å²) in [6.45, 7) is 3.98. The van der Waals surface area contributed by atoms with Gasteiger partial charge in [0.05, 0.1) is 17.5 Å². The van der Waals surface area contributed by atoms with Crippen LogP contribution in [0.2, 0.25) is 5.02 Å². The van der Waals surface area contributed by atoms with Gasteiger partial charge >= 0.3 is 0 Å². The molecule has 3 rings (SSSR count). The Balaban J connectivity index is 1.68. The van der Waals surface area contributed by atoms with Gasteiger partial charge in [0, 0.05) is 12.1 Å². The molecule has 0 bridgehead atoms. The van der Waals surface area contributed by atoms with Crippen LogP contribution in [0.3, 0.4) is 0 Å². The molecule has 0 aliphatic carbocycles. The van der Waals surface area contributed by atoms with Crippen LogP contribution in [-0.4, -0.2) is 38.4 Å². The van der Waals surface area contributed by atoms with Gasteiger partial charge in [-0.2, -0.15) is 0 Å². The Bertz CT molecular complexity index is 929. The molecule has 0 N–H and O–H groups in total. The highest BCUT2D eigenvalue weighted by Crippen LogP contribution is 2.25. The molecule has 5 nitrogen and oxygen atoms in total. The summed E-state index contributed by atoms with van der Waals surface area (Å²) in [6, 6.07) is 15.8. The third-order valence-corrected chi connectivity index (χ3v) is 5.87. The van der Waals surface area contributed by atoms with E-state index in [1.54, 1.807) is 11.2 Å². The lowest BCUT2D eigenvalue weighted by Crippen LogP contribution is -2.31. The zero-order valence-corrected chi connectivity index (χ0v) is 17.0. The Morgan fingerprint density at radius 3 is 2.70 bits per heavy atom. The van der Waals surface area contributed by atoms with Crippen molar-refractivity contribution in [3.8, 4) is 5.69 Å². The van der Waals surface area contributed by atoms with Crippen molar-refractivity contribution in [2.75, 3.05) is 12.8 Å². The summed E-state index contributed by atoms with van der Waals surface area (Å²) in [6.07, 6.45) is 1.63. The van der Waals surface area contributed by atoms with E-state index in [0.29, 0.717) is 10.2 Å². The maximum absolute atomic E-state index is 12.6. The molecule has 2 aromatic carbocycles. The highest BCUT2D eigenvalue weighted by atomic mass is 35.5. The molecule has 140 valence electrons. The number of halogens is 1. The fourth-order valence-corrected chi connectivity index (χ4v) is 3.66. The van der Waals surface area contributed by atoms with Crippen LogP contribution in [-0.2, 0) is 4.79 Å². The zero-order valence-electron chi connectivity index (χ0n) is 15.5. The second-order valence-corrected chi connectivity index (χ2v) is 7.65. The normalized spacial score (nSPS) is 12.0. The summed E-state index contributed by atoms with van der Waals surface area (Å²) in [4.78, 5) is 14.4. The van der Waals surface area contributed by atoms with Crippen molar-refractivity contribution in [2.45, 2.75) is 25.0 Å². The quantitative estimate of drug-likeness (QED) is 0.570. The van der Waals surface area contributed by atoms with Crippen molar-refractivity contribution in [3.63, 3.8) is 0 Å². The van der Waals surface area contributed by atoms with E-state index in [2.05, 4.69) is 10.2 Å². The minimum absolute atomic E-state index is 0.00748. The summed E-state index contributed by atoms with van der Waals surface area (Å²) >= 11 is 7.59. The van der Waals surface area contributed by atoms with E-state index in [9.17, 15) is 4.79 Å². The van der Waals surface area contributed by atoms with Crippen LogP contribution in [0.25, 0.3) is 5.69 Å². The average Bonchev–Trinajstić information content (AvgIpc) is 3.16. The highest BCUT2D eigenvalue weighted by Gasteiger charge is 2.18. The number of thioether (sulfide) groups is 1. The molecule has 1 aromatic heterocycles. The molecular weight excluding hydrogens is 380 g/mol. The predicted molar refractivity (Wildman–Crippen MR) is 109 cm³/mol. The Morgan fingerprint density at radius 2 is 2.00 bits per heavy atom. The average molecular weight is 401 g/mol. The Morgan fingerprint density at radius 1 is 1.26 bits per heavy atom. The summed E-state index contributed by atoms with van der Waals surface area (Å²) in [5.41, 5.74) is 2.99. The fourth-order valence-electron chi connectivity index (χ4n) is 2.63. The van der Waals surface area contributed by atoms with Gasteiger partial charge in [-0.25, -0.2) is 0 Å². The van der Waals surface area contributed by atoms with Crippen LogP contribution < -0.4 is 0 Å². The molecule has 1 amide bonds. The molecule has 0 saturated heterocycles. The van der Waals surface area contributed by atoms with Crippen molar-refractivity contribution >= 4 is 29.3 Å². The Hall–Kier alpha value is -2.31. The van der Waals surface area contributed by atoms with E-state index >= 15 is 0 Å². The molecule has 0 spiro atoms. The molecule has 0 aliphatic rings. The van der Waals surface area contributed by atoms with Gasteiger partial charge in [0.1, 0.15) is 6.33 Å². The zero-order chi connectivity index (χ0) is 19.4. The monoisotopic (exact) mass is 400 g/mol. The second kappa shape index (κ2) is 8.59. The number of carbonyl (C=O) groups is 1. The smallest absolute Gasteiger partial charge is 0.233 e. The van der Waals surface area contributed by atoms with Gasteiger partial charge in [-0.15, -0.1) is 10.2 Å². The van der Waals surface area contributed by atoms with Gasteiger partial charge in [0.25, 0.3) is 0 Å². The van der Waals surface area contributed by atoms with Crippen LogP contribution in [0.1, 0.15) is 24.1 Å². The van der Waals surface area contributed by atoms with Crippen molar-refractivity contribution < 1.29 is 4.79 Å². The predicted octanol–water partition coefficient (Wildman–Crippen LogP) is 4.54. The van der Waals surface area contributed by atoms with Crippen molar-refractivity contribution in [1.29, 1.82) is 0 Å². The van der Waals surface area contributed by atoms with Crippen molar-refractivity contribution in [2.24, 2.45) is 0 Å². The summed E-state index contributed by atoms with van der Waals surface area (Å²) in [7, 11) is 1.82. The third-order valence-electron chi connectivity index (χ3n) is 4.53. The molecule has 0 aliphatic heterocycles. The Kier molecular flexibility index (Phi) is 6.19. The van der Waals surface area contributed by atoms with E-state index in [0.717, 1.165) is 16.8 Å². The first-order chi connectivity index (χ1) is 13.0. The number of hydrogen-bond acceptors (Lipinski definition) is 4. The molecule has 7 heteroatoms. The number of aromatic nitrogens is 3. The van der Waals surface area contributed by atoms with Gasteiger partial charge in [-0.1, -0.05) is 59.8 Å². The summed E-state index contributed by atoms with van der Waals surface area (Å²) in [5.74, 6) is 0.319. The summed E-state index contributed by atoms with van der Waals surface area (Å²) < 4.78 is 1.84. The number of rotatable bonds is 6. The topological polar surface area (TPSA) is 51.0 Å². The largest absolute Gasteiger partial charge is 0.338 e. The molecular formula is C20H21ClN4OS. The van der Waals surface area contributed by atoms with E-state index in [1.807, 2.05) is 74.0 Å². The molecule has 27 heavy (non-hydrogen) atoms. The number of carbonyl (C=O) groups excluding carboxylic acids is 1. The van der Waals surface area contributed by atoms with Gasteiger partial charge < -0.3 is 4.90 Å². The van der Waals surface area contributed by atoms with E-state index < -0.39 is 0 Å². The standard InChI is InChI=1S/C20H21ClN4OS/c1-14-9-10-17(11-18(14)21)25-13-22-23-20(25)27-12-19(26)24(3)15(2)16-7-5-4-6-8-16/h4-11,13,15H,12H2,1-3H3. The van der Waals surface area contributed by atoms with Gasteiger partial charge in [0.15, 0.2) is 5.16 Å². The lowest BCUT2D eigenvalue weighted by molar-refractivity contribution is -0.128. The first-order valence-electron chi connectivity index (χ1n) is 8.57. The lowest BCUT2D eigenvalue weighted by atomic mass is 10.1. The second-order valence-electron chi connectivity index (χ2n) is 6.30. The molecule has 0 saturated carbocycles. The number of nitrogens with zero attached hydrogens (tertiary/aromatic N) is 4. The van der Waals surface area contributed by atoms with Crippen LogP contribution in [0.4, 0.5) is 0 Å². The third kappa shape index (κ3) is 4.51. The van der Waals surface area contributed by atoms with E-state index in [-0.39, 0.29) is 17.7 Å². The van der Waals surface area contributed by atoms with Crippen molar-refractivity contribution in [1.82, 2.24) is 19.7 Å². The minimum atomic E-state index is 0.00748. The van der Waals surface area contributed by atoms with E-state index in [1.165, 1.54) is 11.8 Å². The molecule has 0 fully saturated rings. The molecule has 1 atom stereocenters. The maximum Gasteiger partial charge on any atom is 0.233 e. The van der Waals surface area contributed by atoms with E-state index in [4.69, 9.17) is 11.6 Å². The number of hydrogen-bond donors (Lipinski definition) is 0. The number of benzene rings is 2. The lowest BCUT2D eigenvalue weighted by Gasteiger charge is -2.25. The first-order valence-corrected chi connectivity index (χ1v) is 9.93. The van der Waals surface area contributed by atoms with Crippen LogP contribution in [0.5, 0.6) is 0 Å². The van der Waals surface area contributed by atoms with Crippen LogP contribution in [0, 0.1) is 6.92 Å². The fraction of sp³-hybridized carbons (Fsp3) is 0.250. The minimum Gasteiger partial charge on any atom is -0.338 e. The molecule has 3 aromatic rings.